The zero-order valence-electron chi connectivity index (χ0n) is 6.76. The van der Waals surface area contributed by atoms with Crippen molar-refractivity contribution in [2.24, 2.45) is 5.73 Å². The maximum atomic E-state index is 11.2. The number of ketones is 1. The minimum Gasteiger partial charge on any atom is -0.366 e. The van der Waals surface area contributed by atoms with E-state index in [1.165, 1.54) is 12.4 Å². The van der Waals surface area contributed by atoms with Gasteiger partial charge in [0.15, 0.2) is 5.78 Å². The second-order valence-electron chi connectivity index (χ2n) is 2.42. The summed E-state index contributed by atoms with van der Waals surface area (Å²) < 4.78 is 0. The number of aromatic nitrogens is 1. The van der Waals surface area contributed by atoms with Crippen LogP contribution in [0.1, 0.15) is 34.1 Å². The number of carbonyl (C=O) groups is 2. The first kappa shape index (κ1) is 8.52. The van der Waals surface area contributed by atoms with Gasteiger partial charge in [-0.05, 0) is 0 Å². The first-order valence-electron chi connectivity index (χ1n) is 3.66. The van der Waals surface area contributed by atoms with Gasteiger partial charge >= 0.3 is 0 Å². The number of hydrogen-bond donors (Lipinski definition) is 2. The molecule has 1 aromatic heterocycles. The number of nitrogens with one attached hydrogen (secondary N) is 1. The summed E-state index contributed by atoms with van der Waals surface area (Å²) in [5.41, 5.74) is 5.69. The number of aromatic amines is 1. The maximum absolute atomic E-state index is 11.2. The van der Waals surface area contributed by atoms with E-state index in [4.69, 9.17) is 5.73 Å². The Hall–Kier alpha value is -1.58. The van der Waals surface area contributed by atoms with Gasteiger partial charge in [-0.2, -0.15) is 0 Å². The van der Waals surface area contributed by atoms with Crippen LogP contribution in [0.3, 0.4) is 0 Å². The molecule has 0 spiro atoms. The zero-order valence-corrected chi connectivity index (χ0v) is 6.76. The number of hydrogen-bond acceptors (Lipinski definition) is 2. The molecule has 0 radical (unpaired) electrons. The topological polar surface area (TPSA) is 75.9 Å². The molecule has 0 aliphatic heterocycles. The summed E-state index contributed by atoms with van der Waals surface area (Å²) in [6.07, 6.45) is 3.30. The van der Waals surface area contributed by atoms with E-state index >= 15 is 0 Å². The Labute approximate surface area is 69.8 Å². The lowest BCUT2D eigenvalue weighted by Gasteiger charge is -1.95. The zero-order chi connectivity index (χ0) is 9.14. The molecule has 0 fully saturated rings. The largest absolute Gasteiger partial charge is 0.366 e. The highest BCUT2D eigenvalue weighted by Crippen LogP contribution is 2.09. The van der Waals surface area contributed by atoms with Crippen molar-refractivity contribution in [2.75, 3.05) is 0 Å². The predicted octanol–water partition coefficient (Wildman–Crippen LogP) is 0.706. The van der Waals surface area contributed by atoms with Crippen LogP contribution in [0.15, 0.2) is 12.4 Å². The normalized spacial score (nSPS) is 9.75. The van der Waals surface area contributed by atoms with Gasteiger partial charge in [0.05, 0.1) is 5.56 Å². The Morgan fingerprint density at radius 3 is 2.50 bits per heavy atom. The first-order chi connectivity index (χ1) is 5.66. The molecule has 0 aromatic carbocycles. The number of nitrogens with two attached hydrogens (primary N) is 1. The molecule has 0 aliphatic carbocycles. The van der Waals surface area contributed by atoms with E-state index in [0.717, 1.165) is 0 Å². The second-order valence-corrected chi connectivity index (χ2v) is 2.42. The quantitative estimate of drug-likeness (QED) is 0.648. The standard InChI is InChI=1S/C8H10N2O2/c1-2-7(11)5-3-10-4-6(5)8(9)12/h3-4,10H,2H2,1H3,(H2,9,12). The fourth-order valence-electron chi connectivity index (χ4n) is 0.989. The predicted molar refractivity (Wildman–Crippen MR) is 43.9 cm³/mol. The third kappa shape index (κ3) is 1.37. The molecule has 4 nitrogen and oxygen atoms in total. The van der Waals surface area contributed by atoms with E-state index in [0.29, 0.717) is 12.0 Å². The molecule has 1 amide bonds. The van der Waals surface area contributed by atoms with Crippen molar-refractivity contribution < 1.29 is 9.59 Å². The smallest absolute Gasteiger partial charge is 0.250 e. The summed E-state index contributed by atoms with van der Waals surface area (Å²) in [4.78, 5) is 24.6. The molecule has 1 aromatic rings. The highest BCUT2D eigenvalue weighted by Gasteiger charge is 2.13. The Morgan fingerprint density at radius 2 is 2.00 bits per heavy atom. The second kappa shape index (κ2) is 3.21. The van der Waals surface area contributed by atoms with Gasteiger partial charge in [0.2, 0.25) is 0 Å². The highest BCUT2D eigenvalue weighted by atomic mass is 16.1. The molecule has 1 rings (SSSR count). The minimum absolute atomic E-state index is 0.0787. The fourth-order valence-corrected chi connectivity index (χ4v) is 0.989. The van der Waals surface area contributed by atoms with Crippen LogP contribution in [0.25, 0.3) is 0 Å². The van der Waals surface area contributed by atoms with Crippen molar-refractivity contribution in [3.05, 3.63) is 23.5 Å². The Kier molecular flexibility index (Phi) is 2.28. The van der Waals surface area contributed by atoms with E-state index in [9.17, 15) is 9.59 Å². The van der Waals surface area contributed by atoms with Gasteiger partial charge in [-0.15, -0.1) is 0 Å². The molecule has 12 heavy (non-hydrogen) atoms. The van der Waals surface area contributed by atoms with Crippen LogP contribution in [0.4, 0.5) is 0 Å². The highest BCUT2D eigenvalue weighted by molar-refractivity contribution is 6.07. The molecule has 0 saturated heterocycles. The molecule has 0 bridgehead atoms. The number of H-pyrrole nitrogens is 1. The van der Waals surface area contributed by atoms with Gasteiger partial charge in [0.25, 0.3) is 5.91 Å². The van der Waals surface area contributed by atoms with Crippen molar-refractivity contribution in [1.29, 1.82) is 0 Å². The summed E-state index contributed by atoms with van der Waals surface area (Å²) in [5, 5.41) is 0. The van der Waals surface area contributed by atoms with E-state index in [-0.39, 0.29) is 11.3 Å². The van der Waals surface area contributed by atoms with Crippen molar-refractivity contribution in [1.82, 2.24) is 4.98 Å². The maximum Gasteiger partial charge on any atom is 0.250 e. The van der Waals surface area contributed by atoms with Gasteiger partial charge in [0.1, 0.15) is 0 Å². The molecule has 1 heterocycles. The number of primary amides is 1. The number of rotatable bonds is 3. The van der Waals surface area contributed by atoms with Crippen molar-refractivity contribution in [2.45, 2.75) is 13.3 Å². The van der Waals surface area contributed by atoms with Crippen LogP contribution in [-0.2, 0) is 0 Å². The molecule has 4 heteroatoms. The van der Waals surface area contributed by atoms with E-state index in [1.54, 1.807) is 6.92 Å². The molecule has 0 aliphatic rings. The van der Waals surface area contributed by atoms with Gasteiger partial charge in [-0.1, -0.05) is 6.92 Å². The van der Waals surface area contributed by atoms with Gasteiger partial charge < -0.3 is 10.7 Å². The summed E-state index contributed by atoms with van der Waals surface area (Å²) in [6.45, 7) is 1.74. The number of Topliss-reactive ketones (excluding diaryl/α,β-unsaturated/α-hetero) is 1. The minimum atomic E-state index is -0.576. The molecule has 0 atom stereocenters. The molecular weight excluding hydrogens is 156 g/mol. The van der Waals surface area contributed by atoms with E-state index in [1.807, 2.05) is 0 Å². The molecule has 0 saturated carbocycles. The third-order valence-electron chi connectivity index (χ3n) is 1.63. The van der Waals surface area contributed by atoms with Crippen LogP contribution in [0.2, 0.25) is 0 Å². The van der Waals surface area contributed by atoms with Crippen LogP contribution < -0.4 is 5.73 Å². The van der Waals surface area contributed by atoms with Crippen LogP contribution in [0.5, 0.6) is 0 Å². The summed E-state index contributed by atoms with van der Waals surface area (Å²) in [7, 11) is 0. The summed E-state index contributed by atoms with van der Waals surface area (Å²) in [5.74, 6) is -0.655. The van der Waals surface area contributed by atoms with Crippen LogP contribution in [0, 0.1) is 0 Å². The lowest BCUT2D eigenvalue weighted by molar-refractivity contribution is 0.0961. The Balaban J connectivity index is 3.07. The average Bonchev–Trinajstić information content (AvgIpc) is 2.50. The number of amides is 1. The van der Waals surface area contributed by atoms with Gasteiger partial charge in [0, 0.05) is 24.4 Å². The van der Waals surface area contributed by atoms with Crippen LogP contribution >= 0.6 is 0 Å². The van der Waals surface area contributed by atoms with Gasteiger partial charge in [-0.25, -0.2) is 0 Å². The monoisotopic (exact) mass is 166 g/mol. The lowest BCUT2D eigenvalue weighted by Crippen LogP contribution is -2.13. The van der Waals surface area contributed by atoms with Crippen molar-refractivity contribution in [3.8, 4) is 0 Å². The Bertz CT molecular complexity index is 315. The van der Waals surface area contributed by atoms with Crippen molar-refractivity contribution in [3.63, 3.8) is 0 Å². The van der Waals surface area contributed by atoms with E-state index in [2.05, 4.69) is 4.98 Å². The van der Waals surface area contributed by atoms with E-state index < -0.39 is 5.91 Å². The molecular formula is C8H10N2O2. The SMILES string of the molecule is CCC(=O)c1c[nH]cc1C(N)=O. The number of carbonyl (C=O) groups excluding carboxylic acids is 2. The average molecular weight is 166 g/mol. The molecule has 3 N–H and O–H groups in total. The fraction of sp³-hybridized carbons (Fsp3) is 0.250. The van der Waals surface area contributed by atoms with Gasteiger partial charge in [-0.3, -0.25) is 9.59 Å². The Morgan fingerprint density at radius 1 is 1.42 bits per heavy atom. The molecule has 64 valence electrons. The first-order valence-corrected chi connectivity index (χ1v) is 3.66. The van der Waals surface area contributed by atoms with Crippen molar-refractivity contribution >= 4 is 11.7 Å². The lowest BCUT2D eigenvalue weighted by atomic mass is 10.1. The third-order valence-corrected chi connectivity index (χ3v) is 1.63. The summed E-state index contributed by atoms with van der Waals surface area (Å²) in [6, 6.07) is 0. The molecule has 0 unspecified atom stereocenters. The summed E-state index contributed by atoms with van der Waals surface area (Å²) >= 11 is 0. The van der Waals surface area contributed by atoms with Crippen LogP contribution in [-0.4, -0.2) is 16.7 Å².